The summed E-state index contributed by atoms with van der Waals surface area (Å²) in [5.41, 5.74) is 0.797. The predicted molar refractivity (Wildman–Crippen MR) is 67.3 cm³/mol. The average Bonchev–Trinajstić information content (AvgIpc) is 3.16. The monoisotopic (exact) mass is 277 g/mol. The van der Waals surface area contributed by atoms with Gasteiger partial charge in [-0.25, -0.2) is 0 Å². The second-order valence-corrected chi connectivity index (χ2v) is 4.62. The summed E-state index contributed by atoms with van der Waals surface area (Å²) in [7, 11) is 0. The van der Waals surface area contributed by atoms with Crippen molar-refractivity contribution in [2.45, 2.75) is 24.3 Å². The molecule has 0 aliphatic heterocycles. The fourth-order valence-corrected chi connectivity index (χ4v) is 2.05. The summed E-state index contributed by atoms with van der Waals surface area (Å²) in [6.07, 6.45) is 2.53. The first-order valence-electron chi connectivity index (χ1n) is 5.76. The molecule has 0 radical (unpaired) electrons. The summed E-state index contributed by atoms with van der Waals surface area (Å²) < 4.78 is 10.9. The molecule has 3 heterocycles. The third-order valence-electron chi connectivity index (χ3n) is 2.37. The fraction of sp³-hybridized carbons (Fsp3) is 0.273. The van der Waals surface area contributed by atoms with E-state index in [0.717, 1.165) is 12.1 Å². The molecule has 0 aliphatic carbocycles. The lowest BCUT2D eigenvalue weighted by molar-refractivity contribution is 0.457. The zero-order chi connectivity index (χ0) is 13.1. The maximum atomic E-state index is 5.50. The van der Waals surface area contributed by atoms with Crippen LogP contribution in [0.25, 0.3) is 11.6 Å². The maximum absolute atomic E-state index is 5.50. The molecule has 8 heteroatoms. The Morgan fingerprint density at radius 1 is 1.16 bits per heavy atom. The van der Waals surface area contributed by atoms with Crippen LogP contribution < -0.4 is 0 Å². The Labute approximate surface area is 112 Å². The fourth-order valence-electron chi connectivity index (χ4n) is 1.45. The molecule has 0 saturated heterocycles. The van der Waals surface area contributed by atoms with E-state index in [9.17, 15) is 0 Å². The van der Waals surface area contributed by atoms with Gasteiger partial charge in [0.25, 0.3) is 11.1 Å². The molecular weight excluding hydrogens is 266 g/mol. The molecule has 0 unspecified atom stereocenters. The average molecular weight is 277 g/mol. The molecule has 0 aliphatic rings. The van der Waals surface area contributed by atoms with Gasteiger partial charge < -0.3 is 13.8 Å². The van der Waals surface area contributed by atoms with Crippen molar-refractivity contribution in [2.75, 3.05) is 0 Å². The Hall–Kier alpha value is -2.09. The first-order chi connectivity index (χ1) is 9.35. The molecule has 0 bridgehead atoms. The van der Waals surface area contributed by atoms with Crippen LogP contribution in [0.3, 0.4) is 0 Å². The Morgan fingerprint density at radius 3 is 2.79 bits per heavy atom. The van der Waals surface area contributed by atoms with E-state index >= 15 is 0 Å². The van der Waals surface area contributed by atoms with Gasteiger partial charge in [0.1, 0.15) is 5.69 Å². The van der Waals surface area contributed by atoms with E-state index in [1.807, 2.05) is 19.1 Å². The summed E-state index contributed by atoms with van der Waals surface area (Å²) in [6.45, 7) is 1.96. The number of aromatic nitrogens is 5. The van der Waals surface area contributed by atoms with Crippen LogP contribution in [0.5, 0.6) is 0 Å². The molecule has 3 aromatic heterocycles. The Kier molecular flexibility index (Phi) is 3.32. The number of nitrogens with zero attached hydrogens (tertiary/aromatic N) is 4. The number of hydrogen-bond donors (Lipinski definition) is 1. The Balaban J connectivity index is 1.64. The van der Waals surface area contributed by atoms with Gasteiger partial charge in [-0.2, -0.15) is 0 Å². The van der Waals surface area contributed by atoms with Gasteiger partial charge in [-0.3, -0.25) is 0 Å². The van der Waals surface area contributed by atoms with E-state index in [0.29, 0.717) is 28.6 Å². The lowest BCUT2D eigenvalue weighted by Gasteiger charge is -1.90. The van der Waals surface area contributed by atoms with Gasteiger partial charge in [-0.15, -0.1) is 20.4 Å². The second-order valence-electron chi connectivity index (χ2n) is 3.69. The van der Waals surface area contributed by atoms with Crippen molar-refractivity contribution in [1.82, 2.24) is 25.4 Å². The minimum Gasteiger partial charge on any atom is -0.424 e. The largest absolute Gasteiger partial charge is 0.424 e. The first kappa shape index (κ1) is 12.0. The minimum atomic E-state index is 0.465. The highest BCUT2D eigenvalue weighted by molar-refractivity contribution is 7.98. The maximum Gasteiger partial charge on any atom is 0.277 e. The van der Waals surface area contributed by atoms with Gasteiger partial charge in [0, 0.05) is 12.6 Å². The molecule has 0 aromatic carbocycles. The van der Waals surface area contributed by atoms with Crippen molar-refractivity contribution in [3.8, 4) is 11.6 Å². The van der Waals surface area contributed by atoms with Crippen LogP contribution in [0.1, 0.15) is 18.7 Å². The van der Waals surface area contributed by atoms with Gasteiger partial charge in [0.05, 0.1) is 5.75 Å². The van der Waals surface area contributed by atoms with Crippen molar-refractivity contribution in [3.63, 3.8) is 0 Å². The summed E-state index contributed by atoms with van der Waals surface area (Å²) >= 11 is 1.37. The van der Waals surface area contributed by atoms with Crippen LogP contribution >= 0.6 is 11.8 Å². The van der Waals surface area contributed by atoms with E-state index in [4.69, 9.17) is 8.83 Å². The Morgan fingerprint density at radius 2 is 2.05 bits per heavy atom. The summed E-state index contributed by atoms with van der Waals surface area (Å²) in [4.78, 5) is 3.01. The number of thioether (sulfide) groups is 1. The van der Waals surface area contributed by atoms with Crippen LogP contribution in [0.4, 0.5) is 0 Å². The first-order valence-corrected chi connectivity index (χ1v) is 6.75. The second kappa shape index (κ2) is 5.27. The van der Waals surface area contributed by atoms with Crippen molar-refractivity contribution in [1.29, 1.82) is 0 Å². The van der Waals surface area contributed by atoms with E-state index in [-0.39, 0.29) is 0 Å². The smallest absolute Gasteiger partial charge is 0.277 e. The number of aromatic amines is 1. The number of rotatable bonds is 5. The lowest BCUT2D eigenvalue weighted by Crippen LogP contribution is -1.80. The zero-order valence-electron chi connectivity index (χ0n) is 10.2. The van der Waals surface area contributed by atoms with Crippen molar-refractivity contribution in [3.05, 3.63) is 30.1 Å². The molecule has 19 heavy (non-hydrogen) atoms. The molecule has 3 rings (SSSR count). The van der Waals surface area contributed by atoms with Crippen LogP contribution in [0.15, 0.2) is 32.4 Å². The van der Waals surface area contributed by atoms with Crippen LogP contribution in [-0.4, -0.2) is 25.4 Å². The molecule has 0 spiro atoms. The van der Waals surface area contributed by atoms with E-state index < -0.39 is 0 Å². The van der Waals surface area contributed by atoms with Crippen LogP contribution in [0.2, 0.25) is 0 Å². The standard InChI is InChI=1S/C11H11N5O2S/c1-2-8-13-14-9(17-8)6-19-11-16-15-10(18-11)7-4-3-5-12-7/h3-5,12H,2,6H2,1H3. The molecular formula is C11H11N5O2S. The SMILES string of the molecule is CCc1nnc(CSc2nnc(-c3ccc[nH]3)o2)o1. The normalized spacial score (nSPS) is 11.0. The number of H-pyrrole nitrogens is 1. The molecule has 0 saturated carbocycles. The third kappa shape index (κ3) is 2.68. The molecule has 98 valence electrons. The molecule has 1 N–H and O–H groups in total. The van der Waals surface area contributed by atoms with Gasteiger partial charge >= 0.3 is 0 Å². The van der Waals surface area contributed by atoms with Gasteiger partial charge in [0.15, 0.2) is 0 Å². The molecule has 0 atom stereocenters. The molecule has 7 nitrogen and oxygen atoms in total. The van der Waals surface area contributed by atoms with E-state index in [2.05, 4.69) is 25.4 Å². The topological polar surface area (TPSA) is 93.6 Å². The van der Waals surface area contributed by atoms with Gasteiger partial charge in [-0.05, 0) is 12.1 Å². The third-order valence-corrected chi connectivity index (χ3v) is 3.17. The van der Waals surface area contributed by atoms with Crippen molar-refractivity contribution < 1.29 is 8.83 Å². The quantitative estimate of drug-likeness (QED) is 0.715. The van der Waals surface area contributed by atoms with E-state index in [1.165, 1.54) is 11.8 Å². The molecule has 0 fully saturated rings. The predicted octanol–water partition coefficient (Wildman–Crippen LogP) is 2.30. The lowest BCUT2D eigenvalue weighted by atomic mass is 10.4. The van der Waals surface area contributed by atoms with Crippen molar-refractivity contribution >= 4 is 11.8 Å². The summed E-state index contributed by atoms with van der Waals surface area (Å²) in [5, 5.41) is 16.2. The number of hydrogen-bond acceptors (Lipinski definition) is 7. The van der Waals surface area contributed by atoms with Crippen molar-refractivity contribution in [2.24, 2.45) is 0 Å². The van der Waals surface area contributed by atoms with E-state index in [1.54, 1.807) is 6.20 Å². The highest BCUT2D eigenvalue weighted by Crippen LogP contribution is 2.24. The van der Waals surface area contributed by atoms with Gasteiger partial charge in [0.2, 0.25) is 11.8 Å². The zero-order valence-corrected chi connectivity index (χ0v) is 11.0. The Bertz CT molecular complexity index is 646. The summed E-state index contributed by atoms with van der Waals surface area (Å²) in [5.74, 6) is 2.17. The number of nitrogens with one attached hydrogen (secondary N) is 1. The highest BCUT2D eigenvalue weighted by atomic mass is 32.2. The molecule has 0 amide bonds. The summed E-state index contributed by atoms with van der Waals surface area (Å²) in [6, 6.07) is 3.74. The van der Waals surface area contributed by atoms with Crippen LogP contribution in [0, 0.1) is 0 Å². The van der Waals surface area contributed by atoms with Gasteiger partial charge in [-0.1, -0.05) is 18.7 Å². The number of aryl methyl sites for hydroxylation is 1. The highest BCUT2D eigenvalue weighted by Gasteiger charge is 2.11. The molecule has 3 aromatic rings. The van der Waals surface area contributed by atoms with Crippen LogP contribution in [-0.2, 0) is 12.2 Å². The minimum absolute atomic E-state index is 0.465.